The molecule has 1 atom stereocenters. The largest absolute Gasteiger partial charge is 0.317 e. The zero-order chi connectivity index (χ0) is 10.6. The van der Waals surface area contributed by atoms with E-state index >= 15 is 0 Å². The molecule has 1 rings (SSSR count). The summed E-state index contributed by atoms with van der Waals surface area (Å²) < 4.78 is 0. The molecule has 1 aromatic rings. The molecule has 0 saturated carbocycles. The minimum absolute atomic E-state index is 0.0930. The lowest BCUT2D eigenvalue weighted by Gasteiger charge is -2.07. The molecular formula is C11H15NOS. The SMILES string of the molecule is C=C(C)CCC(=O)C(N)c1cccs1. The molecule has 0 aliphatic carbocycles. The maximum atomic E-state index is 11.6. The van der Waals surface area contributed by atoms with Crippen LogP contribution in [-0.2, 0) is 4.79 Å². The average Bonchev–Trinajstić information content (AvgIpc) is 2.65. The summed E-state index contributed by atoms with van der Waals surface area (Å²) >= 11 is 1.53. The van der Waals surface area contributed by atoms with Gasteiger partial charge in [-0.1, -0.05) is 11.6 Å². The number of ketones is 1. The first-order chi connectivity index (χ1) is 6.61. The Bertz CT molecular complexity index is 316. The Hall–Kier alpha value is -0.930. The predicted octanol–water partition coefficient (Wildman–Crippen LogP) is 2.67. The maximum absolute atomic E-state index is 11.6. The van der Waals surface area contributed by atoms with Gasteiger partial charge in [-0.2, -0.15) is 0 Å². The van der Waals surface area contributed by atoms with Crippen molar-refractivity contribution < 1.29 is 4.79 Å². The van der Waals surface area contributed by atoms with Crippen LogP contribution in [0.25, 0.3) is 0 Å². The normalized spacial score (nSPS) is 12.4. The van der Waals surface area contributed by atoms with Crippen LogP contribution in [0.2, 0.25) is 0 Å². The second-order valence-electron chi connectivity index (χ2n) is 3.42. The Labute approximate surface area is 88.4 Å². The van der Waals surface area contributed by atoms with Crippen molar-refractivity contribution >= 4 is 17.1 Å². The Kier molecular flexibility index (Phi) is 4.04. The summed E-state index contributed by atoms with van der Waals surface area (Å²) in [6.45, 7) is 5.68. The van der Waals surface area contributed by atoms with Gasteiger partial charge >= 0.3 is 0 Å². The molecule has 1 aromatic heterocycles. The van der Waals surface area contributed by atoms with Gasteiger partial charge in [-0.3, -0.25) is 4.79 Å². The van der Waals surface area contributed by atoms with Crippen LogP contribution < -0.4 is 5.73 Å². The van der Waals surface area contributed by atoms with Gasteiger partial charge in [-0.05, 0) is 24.8 Å². The summed E-state index contributed by atoms with van der Waals surface area (Å²) in [4.78, 5) is 12.5. The number of hydrogen-bond acceptors (Lipinski definition) is 3. The molecule has 1 unspecified atom stereocenters. The second-order valence-corrected chi connectivity index (χ2v) is 4.40. The average molecular weight is 209 g/mol. The van der Waals surface area contributed by atoms with E-state index in [4.69, 9.17) is 5.73 Å². The Morgan fingerprint density at radius 2 is 2.36 bits per heavy atom. The van der Waals surface area contributed by atoms with E-state index in [1.807, 2.05) is 24.4 Å². The van der Waals surface area contributed by atoms with E-state index < -0.39 is 6.04 Å². The van der Waals surface area contributed by atoms with Crippen LogP contribution >= 0.6 is 11.3 Å². The first kappa shape index (κ1) is 11.1. The van der Waals surface area contributed by atoms with Crippen molar-refractivity contribution in [2.24, 2.45) is 5.73 Å². The van der Waals surface area contributed by atoms with Crippen molar-refractivity contribution in [3.05, 3.63) is 34.5 Å². The summed E-state index contributed by atoms with van der Waals surface area (Å²) in [6, 6.07) is 3.36. The monoisotopic (exact) mass is 209 g/mol. The fraction of sp³-hybridized carbons (Fsp3) is 0.364. The van der Waals surface area contributed by atoms with Gasteiger partial charge < -0.3 is 5.73 Å². The van der Waals surface area contributed by atoms with Crippen LogP contribution in [-0.4, -0.2) is 5.78 Å². The fourth-order valence-corrected chi connectivity index (χ4v) is 1.87. The highest BCUT2D eigenvalue weighted by Gasteiger charge is 2.15. The standard InChI is InChI=1S/C11H15NOS/c1-8(2)5-6-9(13)11(12)10-4-3-7-14-10/h3-4,7,11H,1,5-6,12H2,2H3. The van der Waals surface area contributed by atoms with Crippen LogP contribution in [0, 0.1) is 0 Å². The summed E-state index contributed by atoms with van der Waals surface area (Å²) in [6.07, 6.45) is 1.23. The van der Waals surface area contributed by atoms with Gasteiger partial charge in [0.25, 0.3) is 0 Å². The molecule has 3 heteroatoms. The van der Waals surface area contributed by atoms with Crippen molar-refractivity contribution in [1.29, 1.82) is 0 Å². The van der Waals surface area contributed by atoms with E-state index in [2.05, 4.69) is 6.58 Å². The lowest BCUT2D eigenvalue weighted by molar-refractivity contribution is -0.120. The van der Waals surface area contributed by atoms with Gasteiger partial charge in [0, 0.05) is 11.3 Å². The maximum Gasteiger partial charge on any atom is 0.155 e. The van der Waals surface area contributed by atoms with E-state index in [1.165, 1.54) is 11.3 Å². The molecule has 0 saturated heterocycles. The lowest BCUT2D eigenvalue weighted by atomic mass is 10.0. The van der Waals surface area contributed by atoms with Crippen LogP contribution in [0.5, 0.6) is 0 Å². The molecule has 0 fully saturated rings. The minimum atomic E-state index is -0.450. The number of thiophene rings is 1. The molecule has 14 heavy (non-hydrogen) atoms. The molecule has 0 amide bonds. The Morgan fingerprint density at radius 1 is 1.64 bits per heavy atom. The third-order valence-electron chi connectivity index (χ3n) is 1.99. The lowest BCUT2D eigenvalue weighted by Crippen LogP contribution is -2.20. The number of carbonyl (C=O) groups excluding carboxylic acids is 1. The minimum Gasteiger partial charge on any atom is -0.317 e. The summed E-state index contributed by atoms with van der Waals surface area (Å²) in [5.41, 5.74) is 6.83. The Morgan fingerprint density at radius 3 is 2.86 bits per heavy atom. The van der Waals surface area contributed by atoms with Crippen LogP contribution in [0.1, 0.15) is 30.7 Å². The van der Waals surface area contributed by atoms with Crippen molar-refractivity contribution in [2.45, 2.75) is 25.8 Å². The molecule has 2 nitrogen and oxygen atoms in total. The summed E-state index contributed by atoms with van der Waals surface area (Å²) in [5, 5.41) is 1.93. The Balaban J connectivity index is 2.49. The highest BCUT2D eigenvalue weighted by Crippen LogP contribution is 2.19. The molecule has 2 N–H and O–H groups in total. The molecule has 1 heterocycles. The quantitative estimate of drug-likeness (QED) is 0.758. The molecule has 0 spiro atoms. The number of hydrogen-bond donors (Lipinski definition) is 1. The highest BCUT2D eigenvalue weighted by molar-refractivity contribution is 7.10. The smallest absolute Gasteiger partial charge is 0.155 e. The first-order valence-corrected chi connectivity index (χ1v) is 5.45. The molecule has 76 valence electrons. The topological polar surface area (TPSA) is 43.1 Å². The van der Waals surface area contributed by atoms with E-state index in [1.54, 1.807) is 0 Å². The predicted molar refractivity (Wildman–Crippen MR) is 60.3 cm³/mol. The highest BCUT2D eigenvalue weighted by atomic mass is 32.1. The fourth-order valence-electron chi connectivity index (χ4n) is 1.12. The number of nitrogens with two attached hydrogens (primary N) is 1. The van der Waals surface area contributed by atoms with Crippen molar-refractivity contribution in [1.82, 2.24) is 0 Å². The van der Waals surface area contributed by atoms with Gasteiger partial charge in [-0.25, -0.2) is 0 Å². The molecule has 0 radical (unpaired) electrons. The zero-order valence-electron chi connectivity index (χ0n) is 8.32. The van der Waals surface area contributed by atoms with Crippen molar-refractivity contribution in [3.63, 3.8) is 0 Å². The van der Waals surface area contributed by atoms with Gasteiger partial charge in [0.2, 0.25) is 0 Å². The number of carbonyl (C=O) groups is 1. The van der Waals surface area contributed by atoms with E-state index in [-0.39, 0.29) is 5.78 Å². The van der Waals surface area contributed by atoms with Crippen LogP contribution in [0.15, 0.2) is 29.7 Å². The van der Waals surface area contributed by atoms with Crippen LogP contribution in [0.4, 0.5) is 0 Å². The van der Waals surface area contributed by atoms with Gasteiger partial charge in [0.1, 0.15) is 0 Å². The number of Topliss-reactive ketones (excluding diaryl/α,β-unsaturated/α-hetero) is 1. The third-order valence-corrected chi connectivity index (χ3v) is 2.95. The van der Waals surface area contributed by atoms with Gasteiger partial charge in [0.15, 0.2) is 5.78 Å². The van der Waals surface area contributed by atoms with Crippen LogP contribution in [0.3, 0.4) is 0 Å². The van der Waals surface area contributed by atoms with Gasteiger partial charge in [-0.15, -0.1) is 17.9 Å². The first-order valence-electron chi connectivity index (χ1n) is 4.57. The second kappa shape index (κ2) is 5.08. The molecule has 0 aromatic carbocycles. The van der Waals surface area contributed by atoms with Crippen molar-refractivity contribution in [2.75, 3.05) is 0 Å². The number of allylic oxidation sites excluding steroid dienone is 1. The van der Waals surface area contributed by atoms with Crippen molar-refractivity contribution in [3.8, 4) is 0 Å². The number of rotatable bonds is 5. The zero-order valence-corrected chi connectivity index (χ0v) is 9.14. The van der Waals surface area contributed by atoms with Gasteiger partial charge in [0.05, 0.1) is 6.04 Å². The molecule has 0 bridgehead atoms. The molecular weight excluding hydrogens is 194 g/mol. The third kappa shape index (κ3) is 3.09. The summed E-state index contributed by atoms with van der Waals surface area (Å²) in [5.74, 6) is 0.0930. The van der Waals surface area contributed by atoms with E-state index in [0.717, 1.165) is 16.9 Å². The van der Waals surface area contributed by atoms with E-state index in [0.29, 0.717) is 6.42 Å². The molecule has 0 aliphatic heterocycles. The summed E-state index contributed by atoms with van der Waals surface area (Å²) in [7, 11) is 0. The molecule has 0 aliphatic rings. The van der Waals surface area contributed by atoms with E-state index in [9.17, 15) is 4.79 Å².